The quantitative estimate of drug-likeness (QED) is 0.808. The van der Waals surface area contributed by atoms with E-state index in [-0.39, 0.29) is 0 Å². The molecule has 2 heterocycles. The van der Waals surface area contributed by atoms with Crippen LogP contribution in [0.4, 0.5) is 5.82 Å². The predicted octanol–water partition coefficient (Wildman–Crippen LogP) is 0.657. The summed E-state index contributed by atoms with van der Waals surface area (Å²) < 4.78 is 1.94. The maximum absolute atomic E-state index is 8.83. The molecule has 0 aromatic carbocycles. The van der Waals surface area contributed by atoms with Crippen LogP contribution in [0.3, 0.4) is 0 Å². The molecule has 0 fully saturated rings. The van der Waals surface area contributed by atoms with Crippen LogP contribution in [0, 0.1) is 11.3 Å². The minimum atomic E-state index is 0.501. The van der Waals surface area contributed by atoms with Crippen LogP contribution in [-0.4, -0.2) is 26.3 Å². The fraction of sp³-hybridized carbons (Fsp3) is 0.200. The lowest BCUT2D eigenvalue weighted by molar-refractivity contribution is 0.724. The minimum absolute atomic E-state index is 0.501. The zero-order chi connectivity index (χ0) is 11.2. The van der Waals surface area contributed by atoms with Gasteiger partial charge < -0.3 is 9.88 Å². The molecule has 0 saturated carbocycles. The molecule has 0 bridgehead atoms. The normalized spacial score (nSPS) is 9.69. The smallest absolute Gasteiger partial charge is 0.166 e. The van der Waals surface area contributed by atoms with Gasteiger partial charge in [-0.25, -0.2) is 4.98 Å². The molecule has 0 aliphatic carbocycles. The van der Waals surface area contributed by atoms with Crippen LogP contribution in [0.25, 0.3) is 0 Å². The van der Waals surface area contributed by atoms with Crippen molar-refractivity contribution in [3.8, 4) is 6.07 Å². The highest BCUT2D eigenvalue weighted by Crippen LogP contribution is 2.07. The van der Waals surface area contributed by atoms with E-state index >= 15 is 0 Å². The summed E-state index contributed by atoms with van der Waals surface area (Å²) in [6.45, 7) is 1.44. The monoisotopic (exact) mass is 214 g/mol. The zero-order valence-electron chi connectivity index (χ0n) is 8.54. The third-order valence-corrected chi connectivity index (χ3v) is 2.06. The molecule has 6 nitrogen and oxygen atoms in total. The predicted molar refractivity (Wildman–Crippen MR) is 57.5 cm³/mol. The summed E-state index contributed by atoms with van der Waals surface area (Å²) in [4.78, 5) is 3.94. The summed E-state index contributed by atoms with van der Waals surface area (Å²) in [6.07, 6.45) is 6.84. The molecule has 1 N–H and O–H groups in total. The second-order valence-electron chi connectivity index (χ2n) is 3.13. The first-order valence-electron chi connectivity index (χ1n) is 4.81. The number of hydrogen-bond donors (Lipinski definition) is 1. The van der Waals surface area contributed by atoms with Gasteiger partial charge in [-0.15, -0.1) is 5.10 Å². The third-order valence-electron chi connectivity index (χ3n) is 2.06. The van der Waals surface area contributed by atoms with E-state index in [9.17, 15) is 0 Å². The van der Waals surface area contributed by atoms with E-state index < -0.39 is 0 Å². The van der Waals surface area contributed by atoms with Crippen LogP contribution in [0.5, 0.6) is 0 Å². The average Bonchev–Trinajstić information content (AvgIpc) is 2.83. The summed E-state index contributed by atoms with van der Waals surface area (Å²) in [7, 11) is 0. The second kappa shape index (κ2) is 4.89. The fourth-order valence-electron chi connectivity index (χ4n) is 1.27. The Morgan fingerprint density at radius 1 is 1.44 bits per heavy atom. The Bertz CT molecular complexity index is 484. The molecule has 0 saturated heterocycles. The molecule has 80 valence electrons. The molecule has 2 aromatic rings. The number of nitrogens with one attached hydrogen (secondary N) is 1. The Kier molecular flexibility index (Phi) is 3.09. The highest BCUT2D eigenvalue weighted by molar-refractivity contribution is 5.49. The highest BCUT2D eigenvalue weighted by Gasteiger charge is 2.01. The van der Waals surface area contributed by atoms with Crippen molar-refractivity contribution >= 4 is 5.82 Å². The number of aromatic nitrogens is 4. The zero-order valence-corrected chi connectivity index (χ0v) is 8.54. The molecule has 0 amide bonds. The molecule has 16 heavy (non-hydrogen) atoms. The van der Waals surface area contributed by atoms with E-state index in [0.29, 0.717) is 17.9 Å². The van der Waals surface area contributed by atoms with Crippen LogP contribution in [-0.2, 0) is 6.54 Å². The van der Waals surface area contributed by atoms with Crippen LogP contribution < -0.4 is 5.32 Å². The van der Waals surface area contributed by atoms with E-state index in [0.717, 1.165) is 6.54 Å². The third kappa shape index (κ3) is 2.33. The van der Waals surface area contributed by atoms with E-state index in [4.69, 9.17) is 5.26 Å². The fourth-order valence-corrected chi connectivity index (χ4v) is 1.27. The molecule has 0 aliphatic rings. The van der Waals surface area contributed by atoms with Gasteiger partial charge in [0.15, 0.2) is 5.82 Å². The highest BCUT2D eigenvalue weighted by atomic mass is 15.2. The van der Waals surface area contributed by atoms with E-state index in [2.05, 4.69) is 26.6 Å². The van der Waals surface area contributed by atoms with Crippen LogP contribution >= 0.6 is 0 Å². The van der Waals surface area contributed by atoms with Crippen molar-refractivity contribution in [3.05, 3.63) is 36.5 Å². The molecule has 0 aliphatic heterocycles. The first-order chi connectivity index (χ1) is 7.90. The molecule has 0 radical (unpaired) electrons. The molecule has 2 rings (SSSR count). The van der Waals surface area contributed by atoms with Crippen LogP contribution in [0.2, 0.25) is 0 Å². The Labute approximate surface area is 92.6 Å². The lowest BCUT2D eigenvalue weighted by atomic mass is 10.3. The van der Waals surface area contributed by atoms with Gasteiger partial charge in [0, 0.05) is 25.5 Å². The van der Waals surface area contributed by atoms with Crippen LogP contribution in [0.15, 0.2) is 31.0 Å². The number of nitrogens with zero attached hydrogens (tertiary/aromatic N) is 5. The van der Waals surface area contributed by atoms with E-state index in [1.165, 1.54) is 6.20 Å². The number of imidazole rings is 1. The lowest BCUT2D eigenvalue weighted by Crippen LogP contribution is -2.11. The summed E-state index contributed by atoms with van der Waals surface area (Å²) in [6, 6.07) is 3.69. The van der Waals surface area contributed by atoms with Crippen molar-refractivity contribution in [2.75, 3.05) is 11.9 Å². The van der Waals surface area contributed by atoms with Crippen molar-refractivity contribution < 1.29 is 0 Å². The van der Waals surface area contributed by atoms with Gasteiger partial charge in [0.2, 0.25) is 0 Å². The Hall–Kier alpha value is -2.42. The van der Waals surface area contributed by atoms with Gasteiger partial charge in [0.1, 0.15) is 6.07 Å². The van der Waals surface area contributed by atoms with Crippen molar-refractivity contribution in [1.29, 1.82) is 5.26 Å². The summed E-state index contributed by atoms with van der Waals surface area (Å²) in [5, 5.41) is 19.5. The standard InChI is InChI=1S/C10H10N6/c11-7-9-1-2-14-15-10(9)13-4-6-16-5-3-12-8-16/h1-3,5,8H,4,6H2,(H,13,15). The number of rotatable bonds is 4. The van der Waals surface area contributed by atoms with Crippen molar-refractivity contribution in [3.63, 3.8) is 0 Å². The SMILES string of the molecule is N#Cc1ccnnc1NCCn1ccnc1. The van der Waals surface area contributed by atoms with Crippen molar-refractivity contribution in [2.45, 2.75) is 6.54 Å². The summed E-state index contributed by atoms with van der Waals surface area (Å²) in [5.74, 6) is 0.519. The van der Waals surface area contributed by atoms with E-state index in [1.807, 2.05) is 10.8 Å². The van der Waals surface area contributed by atoms with Gasteiger partial charge in [0.25, 0.3) is 0 Å². The minimum Gasteiger partial charge on any atom is -0.366 e. The maximum Gasteiger partial charge on any atom is 0.166 e. The molecule has 0 unspecified atom stereocenters. The van der Waals surface area contributed by atoms with Crippen molar-refractivity contribution in [2.24, 2.45) is 0 Å². The van der Waals surface area contributed by atoms with Gasteiger partial charge in [-0.3, -0.25) is 0 Å². The molecule has 0 atom stereocenters. The van der Waals surface area contributed by atoms with Gasteiger partial charge in [-0.1, -0.05) is 0 Å². The lowest BCUT2D eigenvalue weighted by Gasteiger charge is -2.06. The number of anilines is 1. The molecular formula is C10H10N6. The van der Waals surface area contributed by atoms with Gasteiger partial charge in [-0.05, 0) is 6.07 Å². The number of hydrogen-bond acceptors (Lipinski definition) is 5. The summed E-state index contributed by atoms with van der Waals surface area (Å²) >= 11 is 0. The number of nitriles is 1. The molecule has 0 spiro atoms. The summed E-state index contributed by atoms with van der Waals surface area (Å²) in [5.41, 5.74) is 0.501. The maximum atomic E-state index is 8.83. The average molecular weight is 214 g/mol. The van der Waals surface area contributed by atoms with Crippen molar-refractivity contribution in [1.82, 2.24) is 19.7 Å². The largest absolute Gasteiger partial charge is 0.366 e. The first-order valence-corrected chi connectivity index (χ1v) is 4.81. The topological polar surface area (TPSA) is 79.4 Å². The Balaban J connectivity index is 1.93. The van der Waals surface area contributed by atoms with Gasteiger partial charge in [0.05, 0.1) is 18.1 Å². The first kappa shape index (κ1) is 10.1. The van der Waals surface area contributed by atoms with Crippen LogP contribution in [0.1, 0.15) is 5.56 Å². The Morgan fingerprint density at radius 2 is 2.38 bits per heavy atom. The van der Waals surface area contributed by atoms with Gasteiger partial charge >= 0.3 is 0 Å². The molecular weight excluding hydrogens is 204 g/mol. The molecule has 2 aromatic heterocycles. The second-order valence-corrected chi connectivity index (χ2v) is 3.13. The Morgan fingerprint density at radius 3 is 3.12 bits per heavy atom. The molecule has 6 heteroatoms. The van der Waals surface area contributed by atoms with Gasteiger partial charge in [-0.2, -0.15) is 10.4 Å². The van der Waals surface area contributed by atoms with E-state index in [1.54, 1.807) is 18.6 Å².